The minimum atomic E-state index is -4.61. The second-order valence-electron chi connectivity index (χ2n) is 12.0. The maximum Gasteiger partial charge on any atom is 0.416 e. The molecule has 250 valence electrons. The smallest absolute Gasteiger partial charge is 0.382 e. The third-order valence-corrected chi connectivity index (χ3v) is 8.68. The van der Waals surface area contributed by atoms with Gasteiger partial charge >= 0.3 is 6.18 Å². The van der Waals surface area contributed by atoms with Crippen LogP contribution in [-0.4, -0.2) is 53.4 Å². The Morgan fingerprint density at radius 3 is 2.41 bits per heavy atom. The molecule has 6 aromatic rings. The fourth-order valence-corrected chi connectivity index (χ4v) is 6.32. The average Bonchev–Trinajstić information content (AvgIpc) is 3.40. The lowest BCUT2D eigenvalue weighted by Crippen LogP contribution is -2.35. The fourth-order valence-electron chi connectivity index (χ4n) is 6.32. The molecule has 14 heteroatoms. The lowest BCUT2D eigenvalue weighted by Gasteiger charge is -2.24. The predicted molar refractivity (Wildman–Crippen MR) is 181 cm³/mol. The number of hydrogen-bond acceptors (Lipinski definition) is 9. The summed E-state index contributed by atoms with van der Waals surface area (Å²) in [5.41, 5.74) is 3.10. The van der Waals surface area contributed by atoms with Crippen molar-refractivity contribution in [3.05, 3.63) is 112 Å². The van der Waals surface area contributed by atoms with Crippen molar-refractivity contribution in [1.82, 2.24) is 39.6 Å². The number of anilines is 3. The van der Waals surface area contributed by atoms with E-state index in [4.69, 9.17) is 0 Å². The number of nitrogens with one attached hydrogen (secondary N) is 3. The number of fused-ring (bicyclic) bond motifs is 1. The van der Waals surface area contributed by atoms with E-state index in [0.29, 0.717) is 39.8 Å². The molecule has 0 saturated carbocycles. The van der Waals surface area contributed by atoms with Crippen LogP contribution in [0, 0.1) is 13.8 Å². The van der Waals surface area contributed by atoms with Crippen LogP contribution in [0.1, 0.15) is 35.4 Å². The second kappa shape index (κ2) is 13.1. The van der Waals surface area contributed by atoms with Gasteiger partial charge in [-0.05, 0) is 81.7 Å². The fraction of sp³-hybridized carbons (Fsp3) is 0.257. The van der Waals surface area contributed by atoms with Crippen LogP contribution in [-0.2, 0) is 12.7 Å². The van der Waals surface area contributed by atoms with Crippen LogP contribution in [0.5, 0.6) is 0 Å². The lowest BCUT2D eigenvalue weighted by atomic mass is 10.0. The Morgan fingerprint density at radius 1 is 0.959 bits per heavy atom. The first kappa shape index (κ1) is 31.9. The number of alkyl halides is 3. The van der Waals surface area contributed by atoms with E-state index in [1.165, 1.54) is 29.1 Å². The van der Waals surface area contributed by atoms with E-state index < -0.39 is 17.3 Å². The summed E-state index contributed by atoms with van der Waals surface area (Å²) < 4.78 is 45.2. The number of piperidine rings is 1. The van der Waals surface area contributed by atoms with Gasteiger partial charge < -0.3 is 16.0 Å². The van der Waals surface area contributed by atoms with E-state index >= 15 is 0 Å². The number of halogens is 3. The van der Waals surface area contributed by atoms with Crippen molar-refractivity contribution >= 4 is 28.4 Å². The Bertz CT molecular complexity index is 2170. The molecular weight excluding hydrogens is 633 g/mol. The van der Waals surface area contributed by atoms with Gasteiger partial charge in [-0.3, -0.25) is 9.36 Å². The number of benzene rings is 2. The third kappa shape index (κ3) is 6.59. The molecule has 4 aromatic heterocycles. The summed E-state index contributed by atoms with van der Waals surface area (Å²) in [4.78, 5) is 31.7. The minimum Gasteiger partial charge on any atom is -0.382 e. The average molecular weight is 667 g/mol. The van der Waals surface area contributed by atoms with Gasteiger partial charge in [0.25, 0.3) is 5.56 Å². The SMILES string of the molecule is Cc1nn(-c2cncnc2)c(C)c1-c1cc2cnc(Nc3ccc(NC4CCNCC4)cc3)nc2n(Cc2ccccc2C(F)(F)F)c1=O. The maximum atomic E-state index is 14.4. The Labute approximate surface area is 279 Å². The van der Waals surface area contributed by atoms with Gasteiger partial charge in [0.05, 0.1) is 35.8 Å². The molecule has 1 aliphatic heterocycles. The van der Waals surface area contributed by atoms with Crippen LogP contribution in [0.15, 0.2) is 84.3 Å². The van der Waals surface area contributed by atoms with Gasteiger partial charge in [0.1, 0.15) is 17.7 Å². The Morgan fingerprint density at radius 2 is 1.67 bits per heavy atom. The van der Waals surface area contributed by atoms with E-state index in [2.05, 4.69) is 41.0 Å². The first-order valence-corrected chi connectivity index (χ1v) is 15.9. The molecule has 2 aromatic carbocycles. The number of aryl methyl sites for hydroxylation is 1. The van der Waals surface area contributed by atoms with Crippen molar-refractivity contribution in [2.24, 2.45) is 0 Å². The summed E-state index contributed by atoms with van der Waals surface area (Å²) >= 11 is 0. The number of nitrogens with zero attached hydrogens (tertiary/aromatic N) is 7. The number of pyridine rings is 1. The molecule has 0 amide bonds. The normalized spacial score (nSPS) is 13.9. The molecule has 0 atom stereocenters. The van der Waals surface area contributed by atoms with Crippen molar-refractivity contribution in [1.29, 1.82) is 0 Å². The zero-order valence-electron chi connectivity index (χ0n) is 26.8. The van der Waals surface area contributed by atoms with Crippen LogP contribution in [0.25, 0.3) is 27.8 Å². The molecule has 1 saturated heterocycles. The second-order valence-corrected chi connectivity index (χ2v) is 12.0. The quantitative estimate of drug-likeness (QED) is 0.179. The van der Waals surface area contributed by atoms with Crippen LogP contribution in [0.4, 0.5) is 30.5 Å². The monoisotopic (exact) mass is 666 g/mol. The van der Waals surface area contributed by atoms with Gasteiger partial charge in [0, 0.05) is 40.3 Å². The van der Waals surface area contributed by atoms with Gasteiger partial charge in [-0.25, -0.2) is 19.6 Å². The highest BCUT2D eigenvalue weighted by atomic mass is 19.4. The Hall–Kier alpha value is -5.63. The van der Waals surface area contributed by atoms with Crippen LogP contribution in [0.2, 0.25) is 0 Å². The molecule has 0 radical (unpaired) electrons. The van der Waals surface area contributed by atoms with E-state index in [0.717, 1.165) is 37.7 Å². The van der Waals surface area contributed by atoms with Gasteiger partial charge in [-0.2, -0.15) is 23.3 Å². The zero-order valence-corrected chi connectivity index (χ0v) is 26.8. The zero-order chi connectivity index (χ0) is 34.1. The van der Waals surface area contributed by atoms with E-state index in [-0.39, 0.29) is 29.3 Å². The van der Waals surface area contributed by atoms with Crippen LogP contribution in [0.3, 0.4) is 0 Å². The number of aromatic nitrogens is 7. The van der Waals surface area contributed by atoms with Crippen molar-refractivity contribution in [3.63, 3.8) is 0 Å². The topological polar surface area (TPSA) is 127 Å². The molecule has 0 bridgehead atoms. The molecular formula is C35H33F3N10O. The third-order valence-electron chi connectivity index (χ3n) is 8.68. The largest absolute Gasteiger partial charge is 0.416 e. The number of hydrogen-bond donors (Lipinski definition) is 3. The standard InChI is InChI=1S/C35H33F3N10O/c1-21-31(22(2)48(46-21)28-17-40-20-41-18-28)29-15-24-16-42-34(44-26-9-7-25(8-10-26)43-27-11-13-39-14-12-27)45-32(24)47(33(29)49)19-23-5-3-4-6-30(23)35(36,37)38/h3-10,15-18,20,27,39,43H,11-14,19H2,1-2H3,(H,42,44,45). The number of rotatable bonds is 8. The summed E-state index contributed by atoms with van der Waals surface area (Å²) in [5.74, 6) is 0.195. The molecule has 49 heavy (non-hydrogen) atoms. The molecule has 0 spiro atoms. The van der Waals surface area contributed by atoms with Crippen molar-refractivity contribution in [3.8, 4) is 16.8 Å². The highest BCUT2D eigenvalue weighted by Gasteiger charge is 2.33. The molecule has 3 N–H and O–H groups in total. The van der Waals surface area contributed by atoms with E-state index in [9.17, 15) is 18.0 Å². The molecule has 0 aliphatic carbocycles. The van der Waals surface area contributed by atoms with Gasteiger partial charge in [-0.1, -0.05) is 18.2 Å². The molecule has 11 nitrogen and oxygen atoms in total. The molecule has 7 rings (SSSR count). The van der Waals surface area contributed by atoms with Gasteiger partial charge in [0.15, 0.2) is 0 Å². The van der Waals surface area contributed by atoms with Crippen molar-refractivity contribution < 1.29 is 13.2 Å². The summed E-state index contributed by atoms with van der Waals surface area (Å²) in [6, 6.07) is 15.0. The lowest BCUT2D eigenvalue weighted by molar-refractivity contribution is -0.138. The molecule has 1 fully saturated rings. The molecule has 5 heterocycles. The summed E-state index contributed by atoms with van der Waals surface area (Å²) in [5, 5.41) is 15.2. The summed E-state index contributed by atoms with van der Waals surface area (Å²) in [6.45, 7) is 5.18. The highest BCUT2D eigenvalue weighted by Crippen LogP contribution is 2.33. The summed E-state index contributed by atoms with van der Waals surface area (Å²) in [6.07, 6.45) is 3.65. The van der Waals surface area contributed by atoms with E-state index in [1.54, 1.807) is 36.3 Å². The van der Waals surface area contributed by atoms with Crippen LogP contribution < -0.4 is 21.5 Å². The van der Waals surface area contributed by atoms with E-state index in [1.807, 2.05) is 31.2 Å². The maximum absolute atomic E-state index is 14.4. The Balaban J connectivity index is 1.30. The molecule has 1 aliphatic rings. The first-order valence-electron chi connectivity index (χ1n) is 15.9. The summed E-state index contributed by atoms with van der Waals surface area (Å²) in [7, 11) is 0. The molecule has 0 unspecified atom stereocenters. The van der Waals surface area contributed by atoms with Gasteiger partial charge in [-0.15, -0.1) is 0 Å². The van der Waals surface area contributed by atoms with Crippen LogP contribution >= 0.6 is 0 Å². The van der Waals surface area contributed by atoms with Crippen molar-refractivity contribution in [2.75, 3.05) is 23.7 Å². The predicted octanol–water partition coefficient (Wildman–Crippen LogP) is 6.03. The van der Waals surface area contributed by atoms with Gasteiger partial charge in [0.2, 0.25) is 5.95 Å². The Kier molecular flexibility index (Phi) is 8.55. The first-order chi connectivity index (χ1) is 23.7. The van der Waals surface area contributed by atoms with Crippen molar-refractivity contribution in [2.45, 2.75) is 45.5 Å². The highest BCUT2D eigenvalue weighted by molar-refractivity contribution is 5.83. The minimum absolute atomic E-state index is 0.0638.